The van der Waals surface area contributed by atoms with Crippen molar-refractivity contribution >= 4 is 0 Å². The third kappa shape index (κ3) is 2.87. The monoisotopic (exact) mass is 190 g/mol. The molecule has 0 radical (unpaired) electrons. The van der Waals surface area contributed by atoms with E-state index < -0.39 is 0 Å². The van der Waals surface area contributed by atoms with Gasteiger partial charge in [0.15, 0.2) is 0 Å². The van der Waals surface area contributed by atoms with Gasteiger partial charge in [-0.3, -0.25) is 0 Å². The third-order valence-corrected chi connectivity index (χ3v) is 2.94. The second-order valence-electron chi connectivity index (χ2n) is 4.46. The molecule has 0 unspecified atom stereocenters. The van der Waals surface area contributed by atoms with E-state index in [0.29, 0.717) is 5.92 Å². The zero-order valence-corrected chi connectivity index (χ0v) is 9.93. The average molecular weight is 190 g/mol. The minimum absolute atomic E-state index is 0.696. The number of allylic oxidation sites excluding steroid dienone is 6. The van der Waals surface area contributed by atoms with Gasteiger partial charge in [-0.15, -0.1) is 0 Å². The fourth-order valence-corrected chi connectivity index (χ4v) is 1.92. The molecule has 0 aromatic carbocycles. The molecule has 1 aliphatic rings. The first-order chi connectivity index (χ1) is 6.65. The van der Waals surface area contributed by atoms with Crippen LogP contribution in [0.3, 0.4) is 0 Å². The summed E-state index contributed by atoms with van der Waals surface area (Å²) in [6.45, 7) is 8.93. The van der Waals surface area contributed by atoms with Gasteiger partial charge < -0.3 is 0 Å². The summed E-state index contributed by atoms with van der Waals surface area (Å²) < 4.78 is 0. The highest BCUT2D eigenvalue weighted by Crippen LogP contribution is 2.27. The van der Waals surface area contributed by atoms with E-state index in [0.717, 1.165) is 0 Å². The highest BCUT2D eigenvalue weighted by atomic mass is 14.1. The molecule has 0 heterocycles. The fourth-order valence-electron chi connectivity index (χ4n) is 1.92. The van der Waals surface area contributed by atoms with Crippen molar-refractivity contribution in [2.45, 2.75) is 47.0 Å². The van der Waals surface area contributed by atoms with Crippen molar-refractivity contribution < 1.29 is 0 Å². The highest BCUT2D eigenvalue weighted by Gasteiger charge is 2.09. The van der Waals surface area contributed by atoms with Gasteiger partial charge in [-0.25, -0.2) is 0 Å². The van der Waals surface area contributed by atoms with Gasteiger partial charge in [0.2, 0.25) is 0 Å². The molecule has 0 spiro atoms. The first-order valence-corrected chi connectivity index (χ1v) is 5.68. The molecule has 0 atom stereocenters. The lowest BCUT2D eigenvalue weighted by Crippen LogP contribution is -1.93. The van der Waals surface area contributed by atoms with Gasteiger partial charge in [-0.05, 0) is 44.6 Å². The van der Waals surface area contributed by atoms with Crippen LogP contribution in [0.25, 0.3) is 0 Å². The van der Waals surface area contributed by atoms with Crippen molar-refractivity contribution in [1.82, 2.24) is 0 Å². The SMILES string of the molecule is CC=CC1=C(C)CCCC(C(C)C)=C1. The summed E-state index contributed by atoms with van der Waals surface area (Å²) in [4.78, 5) is 0. The van der Waals surface area contributed by atoms with Gasteiger partial charge >= 0.3 is 0 Å². The van der Waals surface area contributed by atoms with E-state index in [-0.39, 0.29) is 0 Å². The first kappa shape index (κ1) is 11.3. The molecule has 0 aliphatic heterocycles. The van der Waals surface area contributed by atoms with Crippen LogP contribution in [0.5, 0.6) is 0 Å². The van der Waals surface area contributed by atoms with Crippen LogP contribution in [-0.4, -0.2) is 0 Å². The summed E-state index contributed by atoms with van der Waals surface area (Å²) in [5.74, 6) is 0.696. The molecule has 0 aromatic heterocycles. The van der Waals surface area contributed by atoms with Gasteiger partial charge in [0.1, 0.15) is 0 Å². The molecule has 78 valence electrons. The zero-order chi connectivity index (χ0) is 10.6. The molecule has 0 saturated carbocycles. The number of rotatable bonds is 2. The van der Waals surface area contributed by atoms with Crippen molar-refractivity contribution in [3.63, 3.8) is 0 Å². The Kier molecular flexibility index (Phi) is 4.19. The minimum atomic E-state index is 0.696. The zero-order valence-electron chi connectivity index (χ0n) is 9.93. The van der Waals surface area contributed by atoms with E-state index in [1.54, 1.807) is 11.1 Å². The van der Waals surface area contributed by atoms with Crippen molar-refractivity contribution in [3.8, 4) is 0 Å². The average Bonchev–Trinajstić information content (AvgIpc) is 2.30. The van der Waals surface area contributed by atoms with Gasteiger partial charge in [0.05, 0.1) is 0 Å². The van der Waals surface area contributed by atoms with Gasteiger partial charge in [0, 0.05) is 0 Å². The van der Waals surface area contributed by atoms with Crippen LogP contribution in [0.2, 0.25) is 0 Å². The predicted octanol–water partition coefficient (Wildman–Crippen LogP) is 4.65. The van der Waals surface area contributed by atoms with Crippen LogP contribution in [0, 0.1) is 5.92 Å². The van der Waals surface area contributed by atoms with Crippen LogP contribution in [-0.2, 0) is 0 Å². The lowest BCUT2D eigenvalue weighted by molar-refractivity contribution is 0.686. The third-order valence-electron chi connectivity index (χ3n) is 2.94. The molecule has 0 aromatic rings. The van der Waals surface area contributed by atoms with Crippen LogP contribution in [0.4, 0.5) is 0 Å². The normalized spacial score (nSPS) is 19.1. The highest BCUT2D eigenvalue weighted by molar-refractivity contribution is 5.38. The van der Waals surface area contributed by atoms with Crippen molar-refractivity contribution in [2.75, 3.05) is 0 Å². The minimum Gasteiger partial charge on any atom is -0.0871 e. The van der Waals surface area contributed by atoms with E-state index >= 15 is 0 Å². The molecule has 0 N–H and O–H groups in total. The molecule has 0 nitrogen and oxygen atoms in total. The second-order valence-corrected chi connectivity index (χ2v) is 4.46. The van der Waals surface area contributed by atoms with Gasteiger partial charge in [0.25, 0.3) is 0 Å². The van der Waals surface area contributed by atoms with Crippen molar-refractivity contribution in [2.24, 2.45) is 5.92 Å². The number of hydrogen-bond acceptors (Lipinski definition) is 0. The lowest BCUT2D eigenvalue weighted by atomic mass is 9.97. The lowest BCUT2D eigenvalue weighted by Gasteiger charge is -2.08. The van der Waals surface area contributed by atoms with Gasteiger partial charge in [-0.1, -0.05) is 43.2 Å². The summed E-state index contributed by atoms with van der Waals surface area (Å²) in [5, 5.41) is 0. The topological polar surface area (TPSA) is 0 Å². The Balaban J connectivity index is 2.97. The predicted molar refractivity (Wildman–Crippen MR) is 64.3 cm³/mol. The number of hydrogen-bond donors (Lipinski definition) is 0. The molecule has 0 heteroatoms. The second kappa shape index (κ2) is 5.19. The van der Waals surface area contributed by atoms with Crippen LogP contribution < -0.4 is 0 Å². The molecular weight excluding hydrogens is 168 g/mol. The van der Waals surface area contributed by atoms with Crippen LogP contribution in [0.15, 0.2) is 34.9 Å². The summed E-state index contributed by atoms with van der Waals surface area (Å²) in [6.07, 6.45) is 10.6. The Hall–Kier alpha value is -0.780. The Morgan fingerprint density at radius 1 is 1.29 bits per heavy atom. The maximum absolute atomic E-state index is 2.40. The largest absolute Gasteiger partial charge is 0.0871 e. The molecule has 0 fully saturated rings. The van der Waals surface area contributed by atoms with E-state index in [1.807, 2.05) is 0 Å². The molecule has 1 aliphatic carbocycles. The first-order valence-electron chi connectivity index (χ1n) is 5.68. The summed E-state index contributed by atoms with van der Waals surface area (Å²) >= 11 is 0. The molecular formula is C14H22. The van der Waals surface area contributed by atoms with E-state index in [9.17, 15) is 0 Å². The van der Waals surface area contributed by atoms with Crippen LogP contribution >= 0.6 is 0 Å². The van der Waals surface area contributed by atoms with E-state index in [1.165, 1.54) is 24.8 Å². The fraction of sp³-hybridized carbons (Fsp3) is 0.571. The molecule has 1 rings (SSSR count). The maximum atomic E-state index is 2.40. The molecule has 0 saturated heterocycles. The molecule has 14 heavy (non-hydrogen) atoms. The summed E-state index contributed by atoms with van der Waals surface area (Å²) in [6, 6.07) is 0. The Morgan fingerprint density at radius 3 is 2.57 bits per heavy atom. The van der Waals surface area contributed by atoms with Gasteiger partial charge in [-0.2, -0.15) is 0 Å². The smallest absolute Gasteiger partial charge is 0.0257 e. The Labute approximate surface area is 88.4 Å². The molecule has 0 amide bonds. The molecule has 0 bridgehead atoms. The Morgan fingerprint density at radius 2 is 2.00 bits per heavy atom. The van der Waals surface area contributed by atoms with Crippen LogP contribution in [0.1, 0.15) is 47.0 Å². The summed E-state index contributed by atoms with van der Waals surface area (Å²) in [7, 11) is 0. The van der Waals surface area contributed by atoms with E-state index in [2.05, 4.69) is 45.9 Å². The maximum Gasteiger partial charge on any atom is -0.0257 e. The van der Waals surface area contributed by atoms with E-state index in [4.69, 9.17) is 0 Å². The quantitative estimate of drug-likeness (QED) is 0.595. The standard InChI is InChI=1S/C14H22/c1-5-7-14-10-13(11(2)3)9-6-8-12(14)4/h5,7,10-11H,6,8-9H2,1-4H3. The van der Waals surface area contributed by atoms with Crippen molar-refractivity contribution in [3.05, 3.63) is 34.9 Å². The summed E-state index contributed by atoms with van der Waals surface area (Å²) in [5.41, 5.74) is 4.59. The van der Waals surface area contributed by atoms with Crippen molar-refractivity contribution in [1.29, 1.82) is 0 Å². The Bertz CT molecular complexity index is 274.